The molecule has 6 N–H and O–H groups in total. The second-order valence-corrected chi connectivity index (χ2v) is 11.3. The number of nitrogens with zero attached hydrogens (tertiary/aromatic N) is 1. The van der Waals surface area contributed by atoms with Crippen molar-refractivity contribution in [3.63, 3.8) is 0 Å². The van der Waals surface area contributed by atoms with Gasteiger partial charge in [0.1, 0.15) is 12.1 Å². The number of nitrogens with two attached hydrogens (primary N) is 1. The van der Waals surface area contributed by atoms with Crippen LogP contribution in [0.1, 0.15) is 39.0 Å². The summed E-state index contributed by atoms with van der Waals surface area (Å²) in [5, 5.41) is 21.1. The second kappa shape index (κ2) is 13.0. The molecule has 1 fully saturated rings. The van der Waals surface area contributed by atoms with Crippen molar-refractivity contribution in [2.24, 2.45) is 11.7 Å². The van der Waals surface area contributed by atoms with Crippen LogP contribution in [0.25, 0.3) is 10.8 Å². The van der Waals surface area contributed by atoms with Gasteiger partial charge in [0.2, 0.25) is 15.9 Å². The van der Waals surface area contributed by atoms with Crippen LogP contribution in [0.3, 0.4) is 0 Å². The first-order valence-electron chi connectivity index (χ1n) is 12.8. The molecule has 0 radical (unpaired) electrons. The molecule has 3 rings (SSSR count). The topological polar surface area (TPSA) is 184 Å². The smallest absolute Gasteiger partial charge is 0.326 e. The van der Waals surface area contributed by atoms with Crippen molar-refractivity contribution in [1.29, 1.82) is 5.41 Å². The van der Waals surface area contributed by atoms with Gasteiger partial charge in [-0.25, -0.2) is 13.2 Å². The number of sulfonamides is 1. The summed E-state index contributed by atoms with van der Waals surface area (Å²) in [6.45, 7) is 2.46. The summed E-state index contributed by atoms with van der Waals surface area (Å²) < 4.78 is 40.1. The third kappa shape index (κ3) is 7.30. The Morgan fingerprint density at radius 3 is 2.44 bits per heavy atom. The molecule has 0 saturated carbocycles. The first kappa shape index (κ1) is 30.0. The van der Waals surface area contributed by atoms with Gasteiger partial charge >= 0.3 is 5.97 Å². The number of carbonyl (C=O) groups is 2. The minimum absolute atomic E-state index is 0.0543. The van der Waals surface area contributed by atoms with Gasteiger partial charge in [0, 0.05) is 13.1 Å². The Morgan fingerprint density at radius 1 is 1.18 bits per heavy atom. The van der Waals surface area contributed by atoms with Crippen molar-refractivity contribution in [2.75, 3.05) is 27.3 Å². The number of piperidine rings is 1. The van der Waals surface area contributed by atoms with Crippen molar-refractivity contribution in [2.45, 2.75) is 56.0 Å². The van der Waals surface area contributed by atoms with E-state index in [0.29, 0.717) is 36.1 Å². The lowest BCUT2D eigenvalue weighted by Gasteiger charge is -2.38. The summed E-state index contributed by atoms with van der Waals surface area (Å²) >= 11 is 0. The van der Waals surface area contributed by atoms with E-state index in [1.807, 2.05) is 6.92 Å². The van der Waals surface area contributed by atoms with Gasteiger partial charge in [-0.3, -0.25) is 10.2 Å². The quantitative estimate of drug-likeness (QED) is 0.146. The Kier molecular flexibility index (Phi) is 9.97. The number of hydrogen-bond donors (Lipinski definition) is 5. The van der Waals surface area contributed by atoms with Gasteiger partial charge in [-0.2, -0.15) is 4.72 Å². The van der Waals surface area contributed by atoms with E-state index < -0.39 is 34.0 Å². The molecule has 0 bridgehead atoms. The lowest BCUT2D eigenvalue weighted by molar-refractivity contribution is -0.154. The maximum atomic E-state index is 13.6. The van der Waals surface area contributed by atoms with E-state index in [9.17, 15) is 23.1 Å². The van der Waals surface area contributed by atoms with Crippen molar-refractivity contribution in [1.82, 2.24) is 14.9 Å². The highest BCUT2D eigenvalue weighted by molar-refractivity contribution is 7.89. The zero-order valence-corrected chi connectivity index (χ0v) is 23.2. The van der Waals surface area contributed by atoms with Crippen LogP contribution in [0.4, 0.5) is 0 Å². The number of ether oxygens (including phenoxy) is 2. The molecule has 2 unspecified atom stereocenters. The van der Waals surface area contributed by atoms with Crippen molar-refractivity contribution in [3.8, 4) is 11.5 Å². The number of benzene rings is 2. The highest BCUT2D eigenvalue weighted by Gasteiger charge is 2.39. The molecule has 0 aromatic heterocycles. The highest BCUT2D eigenvalue weighted by atomic mass is 32.2. The predicted molar refractivity (Wildman–Crippen MR) is 146 cm³/mol. The fourth-order valence-electron chi connectivity index (χ4n) is 4.84. The SMILES string of the molecule is CCC1CCN(C(=O)[C@H](CCCNC(=N)N)NS(=O)(=O)c2ccc3cc(OC)c(OC)cc3c2)C(C(=O)O)C1. The number of methoxy groups -OCH3 is 2. The maximum absolute atomic E-state index is 13.6. The molecule has 1 aliphatic heterocycles. The zero-order chi connectivity index (χ0) is 28.7. The summed E-state index contributed by atoms with van der Waals surface area (Å²) in [5.41, 5.74) is 5.33. The normalized spacial score (nSPS) is 18.4. The molecule has 1 saturated heterocycles. The molecular formula is C26H37N5O7S. The molecule has 1 heterocycles. The van der Waals surface area contributed by atoms with E-state index >= 15 is 0 Å². The molecule has 1 amide bonds. The Hall–Kier alpha value is -3.58. The standard InChI is InChI=1S/C26H37N5O7S/c1-4-16-9-11-31(21(12-16)25(33)34)24(32)20(6-5-10-29-26(27)28)30-39(35,36)19-8-7-17-14-22(37-2)23(38-3)15-18(17)13-19/h7-8,13-16,20-21,30H,4-6,9-12H2,1-3H3,(H,33,34)(H4,27,28,29)/t16?,20-,21?/m0/s1. The molecule has 0 spiro atoms. The summed E-state index contributed by atoms with van der Waals surface area (Å²) in [4.78, 5) is 26.9. The number of carboxylic acid groups (broad SMARTS) is 1. The molecule has 39 heavy (non-hydrogen) atoms. The minimum Gasteiger partial charge on any atom is -0.493 e. The van der Waals surface area contributed by atoms with E-state index in [0.717, 1.165) is 11.8 Å². The number of carboxylic acids is 1. The van der Waals surface area contributed by atoms with Crippen molar-refractivity contribution < 1.29 is 32.6 Å². The molecule has 0 aliphatic carbocycles. The second-order valence-electron chi connectivity index (χ2n) is 9.56. The zero-order valence-electron chi connectivity index (χ0n) is 22.4. The first-order valence-corrected chi connectivity index (χ1v) is 14.3. The molecule has 12 nitrogen and oxygen atoms in total. The Balaban J connectivity index is 1.90. The summed E-state index contributed by atoms with van der Waals surface area (Å²) in [5.74, 6) is -0.819. The highest BCUT2D eigenvalue weighted by Crippen LogP contribution is 2.33. The summed E-state index contributed by atoms with van der Waals surface area (Å²) in [7, 11) is -1.19. The van der Waals surface area contributed by atoms with E-state index in [1.165, 1.54) is 31.3 Å². The van der Waals surface area contributed by atoms with Gasteiger partial charge < -0.3 is 30.5 Å². The minimum atomic E-state index is -4.18. The number of aliphatic carboxylic acids is 1. The van der Waals surface area contributed by atoms with Gasteiger partial charge in [0.15, 0.2) is 17.5 Å². The Bertz CT molecular complexity index is 1320. The van der Waals surface area contributed by atoms with Crippen LogP contribution in [0.5, 0.6) is 11.5 Å². The van der Waals surface area contributed by atoms with Crippen LogP contribution in [0.2, 0.25) is 0 Å². The Morgan fingerprint density at radius 2 is 1.85 bits per heavy atom. The van der Waals surface area contributed by atoms with E-state index in [4.69, 9.17) is 20.6 Å². The largest absolute Gasteiger partial charge is 0.493 e. The fourth-order valence-corrected chi connectivity index (χ4v) is 6.10. The monoisotopic (exact) mass is 563 g/mol. The van der Waals surface area contributed by atoms with Gasteiger partial charge in [0.05, 0.1) is 19.1 Å². The molecule has 2 aromatic carbocycles. The first-order chi connectivity index (χ1) is 18.5. The fraction of sp³-hybridized carbons (Fsp3) is 0.500. The third-order valence-corrected chi connectivity index (χ3v) is 8.53. The van der Waals surface area contributed by atoms with Gasteiger partial charge in [0.25, 0.3) is 0 Å². The van der Waals surface area contributed by atoms with Crippen molar-refractivity contribution in [3.05, 3.63) is 30.3 Å². The third-order valence-electron chi connectivity index (χ3n) is 7.06. The number of likely N-dealkylation sites (tertiary alicyclic amines) is 1. The van der Waals surface area contributed by atoms with E-state index in [1.54, 1.807) is 18.2 Å². The summed E-state index contributed by atoms with van der Waals surface area (Å²) in [6.07, 6.45) is 2.16. The predicted octanol–water partition coefficient (Wildman–Crippen LogP) is 1.87. The van der Waals surface area contributed by atoms with E-state index in [2.05, 4.69) is 10.0 Å². The van der Waals surface area contributed by atoms with Crippen LogP contribution in [-0.4, -0.2) is 75.7 Å². The number of carbonyl (C=O) groups excluding carboxylic acids is 1. The lowest BCUT2D eigenvalue weighted by Crippen LogP contribution is -2.56. The maximum Gasteiger partial charge on any atom is 0.326 e. The lowest BCUT2D eigenvalue weighted by atomic mass is 9.88. The van der Waals surface area contributed by atoms with Crippen LogP contribution in [-0.2, 0) is 19.6 Å². The van der Waals surface area contributed by atoms with Gasteiger partial charge in [-0.1, -0.05) is 19.4 Å². The average Bonchev–Trinajstić information content (AvgIpc) is 2.92. The van der Waals surface area contributed by atoms with Crippen LogP contribution >= 0.6 is 0 Å². The molecule has 214 valence electrons. The molecule has 2 aromatic rings. The summed E-state index contributed by atoms with van der Waals surface area (Å²) in [6, 6.07) is 5.71. The molecule has 3 atom stereocenters. The van der Waals surface area contributed by atoms with Gasteiger partial charge in [-0.05, 0) is 66.6 Å². The molecule has 1 aliphatic rings. The number of hydrogen-bond acceptors (Lipinski definition) is 7. The number of nitrogens with one attached hydrogen (secondary N) is 3. The van der Waals surface area contributed by atoms with Crippen LogP contribution < -0.4 is 25.2 Å². The Labute approximate surface area is 228 Å². The van der Waals surface area contributed by atoms with Crippen LogP contribution in [0.15, 0.2) is 35.2 Å². The number of fused-ring (bicyclic) bond motifs is 1. The molecular weight excluding hydrogens is 526 g/mol. The number of amides is 1. The number of rotatable bonds is 12. The number of guanidine groups is 1. The molecule has 13 heteroatoms. The van der Waals surface area contributed by atoms with E-state index in [-0.39, 0.29) is 36.3 Å². The van der Waals surface area contributed by atoms with Gasteiger partial charge in [-0.15, -0.1) is 0 Å². The van der Waals surface area contributed by atoms with Crippen molar-refractivity contribution >= 4 is 38.6 Å². The van der Waals surface area contributed by atoms with Crippen LogP contribution in [0, 0.1) is 11.3 Å². The average molecular weight is 564 g/mol.